The standard InChI is InChI=1S/C6H2F3N3O2/c7-6(8,9)5-11-2(1-10)3(12-5)4(13)14/h(H,11,12)(H,13,14). The SMILES string of the molecule is N#Cc1nc(C(F)(F)F)[nH]c1C(=O)O. The summed E-state index contributed by atoms with van der Waals surface area (Å²) in [6.45, 7) is 0. The van der Waals surface area contributed by atoms with Crippen LogP contribution < -0.4 is 0 Å². The van der Waals surface area contributed by atoms with Gasteiger partial charge in [0, 0.05) is 0 Å². The van der Waals surface area contributed by atoms with Gasteiger partial charge in [-0.05, 0) is 0 Å². The molecule has 1 aromatic rings. The Bertz CT molecular complexity index is 415. The lowest BCUT2D eigenvalue weighted by atomic mass is 10.3. The quantitative estimate of drug-likeness (QED) is 0.715. The Morgan fingerprint density at radius 1 is 1.57 bits per heavy atom. The fourth-order valence-electron chi connectivity index (χ4n) is 0.743. The van der Waals surface area contributed by atoms with Crippen molar-refractivity contribution in [3.8, 4) is 6.07 Å². The minimum absolute atomic E-state index is 0.787. The van der Waals surface area contributed by atoms with Crippen molar-refractivity contribution in [1.29, 1.82) is 5.26 Å². The molecular formula is C6H2F3N3O2. The molecule has 0 amide bonds. The highest BCUT2D eigenvalue weighted by atomic mass is 19.4. The monoisotopic (exact) mass is 205 g/mol. The van der Waals surface area contributed by atoms with Crippen LogP contribution in [-0.2, 0) is 6.18 Å². The third kappa shape index (κ3) is 1.66. The van der Waals surface area contributed by atoms with Crippen molar-refractivity contribution in [3.05, 3.63) is 17.2 Å². The van der Waals surface area contributed by atoms with E-state index < -0.39 is 29.4 Å². The molecule has 0 unspecified atom stereocenters. The Kier molecular flexibility index (Phi) is 2.17. The summed E-state index contributed by atoms with van der Waals surface area (Å²) in [7, 11) is 0. The Balaban J connectivity index is 3.29. The zero-order valence-electron chi connectivity index (χ0n) is 6.38. The van der Waals surface area contributed by atoms with E-state index in [0.717, 1.165) is 0 Å². The second kappa shape index (κ2) is 3.02. The van der Waals surface area contributed by atoms with Crippen molar-refractivity contribution in [1.82, 2.24) is 9.97 Å². The van der Waals surface area contributed by atoms with Crippen LogP contribution in [0, 0.1) is 11.3 Å². The van der Waals surface area contributed by atoms with Crippen LogP contribution in [0.25, 0.3) is 0 Å². The molecule has 0 saturated heterocycles. The predicted octanol–water partition coefficient (Wildman–Crippen LogP) is 0.998. The molecule has 0 aliphatic rings. The molecule has 5 nitrogen and oxygen atoms in total. The molecule has 8 heteroatoms. The van der Waals surface area contributed by atoms with Crippen LogP contribution in [0.15, 0.2) is 0 Å². The first kappa shape index (κ1) is 10.0. The molecular weight excluding hydrogens is 203 g/mol. The van der Waals surface area contributed by atoms with Crippen molar-refractivity contribution in [2.24, 2.45) is 0 Å². The zero-order chi connectivity index (χ0) is 10.9. The first-order chi connectivity index (χ1) is 6.36. The number of alkyl halides is 3. The average molecular weight is 205 g/mol. The maximum atomic E-state index is 12.0. The van der Waals surface area contributed by atoms with Gasteiger partial charge in [-0.15, -0.1) is 0 Å². The molecule has 2 N–H and O–H groups in total. The highest BCUT2D eigenvalue weighted by Crippen LogP contribution is 2.27. The lowest BCUT2D eigenvalue weighted by molar-refractivity contribution is -0.144. The van der Waals surface area contributed by atoms with Crippen molar-refractivity contribution >= 4 is 5.97 Å². The highest BCUT2D eigenvalue weighted by molar-refractivity contribution is 5.87. The van der Waals surface area contributed by atoms with Gasteiger partial charge in [0.1, 0.15) is 6.07 Å². The number of aromatic amines is 1. The summed E-state index contributed by atoms with van der Waals surface area (Å²) in [4.78, 5) is 14.6. The van der Waals surface area contributed by atoms with E-state index in [1.165, 1.54) is 11.1 Å². The Morgan fingerprint density at radius 3 is 2.43 bits per heavy atom. The van der Waals surface area contributed by atoms with E-state index in [2.05, 4.69) is 4.98 Å². The molecule has 74 valence electrons. The fraction of sp³-hybridized carbons (Fsp3) is 0.167. The van der Waals surface area contributed by atoms with E-state index in [9.17, 15) is 18.0 Å². The highest BCUT2D eigenvalue weighted by Gasteiger charge is 2.36. The average Bonchev–Trinajstić information content (AvgIpc) is 2.45. The smallest absolute Gasteiger partial charge is 0.449 e. The summed E-state index contributed by atoms with van der Waals surface area (Å²) < 4.78 is 36.0. The van der Waals surface area contributed by atoms with E-state index in [0.29, 0.717) is 0 Å². The lowest BCUT2D eigenvalue weighted by Crippen LogP contribution is -2.08. The first-order valence-electron chi connectivity index (χ1n) is 3.17. The van der Waals surface area contributed by atoms with Crippen molar-refractivity contribution in [3.63, 3.8) is 0 Å². The van der Waals surface area contributed by atoms with Crippen LogP contribution >= 0.6 is 0 Å². The number of H-pyrrole nitrogens is 1. The summed E-state index contributed by atoms with van der Waals surface area (Å²) >= 11 is 0. The molecule has 1 aromatic heterocycles. The summed E-state index contributed by atoms with van der Waals surface area (Å²) in [5.41, 5.74) is -1.65. The number of carboxylic acid groups (broad SMARTS) is 1. The van der Waals surface area contributed by atoms with Gasteiger partial charge in [0.2, 0.25) is 5.82 Å². The third-order valence-electron chi connectivity index (χ3n) is 1.29. The molecule has 0 spiro atoms. The van der Waals surface area contributed by atoms with Crippen molar-refractivity contribution in [2.45, 2.75) is 6.18 Å². The number of nitrogens with zero attached hydrogens (tertiary/aromatic N) is 2. The number of halogens is 3. The lowest BCUT2D eigenvalue weighted by Gasteiger charge is -1.99. The van der Waals surface area contributed by atoms with Crippen LogP contribution in [0.2, 0.25) is 0 Å². The maximum absolute atomic E-state index is 12.0. The number of hydrogen-bond donors (Lipinski definition) is 2. The molecule has 0 aliphatic heterocycles. The van der Waals surface area contributed by atoms with E-state index in [1.54, 1.807) is 0 Å². The molecule has 0 atom stereocenters. The fourth-order valence-corrected chi connectivity index (χ4v) is 0.743. The van der Waals surface area contributed by atoms with Crippen molar-refractivity contribution < 1.29 is 23.1 Å². The molecule has 0 fully saturated rings. The molecule has 0 aromatic carbocycles. The van der Waals surface area contributed by atoms with Gasteiger partial charge in [0.25, 0.3) is 0 Å². The number of nitrogens with one attached hydrogen (secondary N) is 1. The van der Waals surface area contributed by atoms with Gasteiger partial charge in [-0.25, -0.2) is 9.78 Å². The summed E-state index contributed by atoms with van der Waals surface area (Å²) in [5, 5.41) is 16.7. The number of aromatic nitrogens is 2. The Hall–Kier alpha value is -2.04. The number of imidazole rings is 1. The van der Waals surface area contributed by atoms with E-state index in [4.69, 9.17) is 10.4 Å². The second-order valence-electron chi connectivity index (χ2n) is 2.22. The Labute approximate surface area is 74.8 Å². The molecule has 0 aliphatic carbocycles. The minimum atomic E-state index is -4.79. The molecule has 0 bridgehead atoms. The van der Waals surface area contributed by atoms with Gasteiger partial charge >= 0.3 is 12.1 Å². The second-order valence-corrected chi connectivity index (χ2v) is 2.22. The van der Waals surface area contributed by atoms with Crippen LogP contribution in [-0.4, -0.2) is 21.0 Å². The maximum Gasteiger partial charge on any atom is 0.449 e. The molecule has 0 radical (unpaired) electrons. The number of rotatable bonds is 1. The predicted molar refractivity (Wildman–Crippen MR) is 35.3 cm³/mol. The molecule has 1 heterocycles. The molecule has 0 saturated carbocycles. The van der Waals surface area contributed by atoms with Crippen LogP contribution in [0.4, 0.5) is 13.2 Å². The summed E-state index contributed by atoms with van der Waals surface area (Å²) in [6.07, 6.45) is -4.79. The Morgan fingerprint density at radius 2 is 2.14 bits per heavy atom. The largest absolute Gasteiger partial charge is 0.476 e. The number of aromatic carboxylic acids is 1. The molecule has 14 heavy (non-hydrogen) atoms. The normalized spacial score (nSPS) is 11.0. The van der Waals surface area contributed by atoms with Gasteiger partial charge in [0.15, 0.2) is 11.4 Å². The van der Waals surface area contributed by atoms with Gasteiger partial charge in [-0.2, -0.15) is 18.4 Å². The number of nitriles is 1. The summed E-state index contributed by atoms with van der Waals surface area (Å²) in [5.74, 6) is -3.16. The first-order valence-corrected chi connectivity index (χ1v) is 3.17. The van der Waals surface area contributed by atoms with E-state index in [-0.39, 0.29) is 0 Å². The number of hydrogen-bond acceptors (Lipinski definition) is 3. The third-order valence-corrected chi connectivity index (χ3v) is 1.29. The van der Waals surface area contributed by atoms with Crippen molar-refractivity contribution in [2.75, 3.05) is 0 Å². The topological polar surface area (TPSA) is 89.8 Å². The van der Waals surface area contributed by atoms with Gasteiger partial charge < -0.3 is 10.1 Å². The van der Waals surface area contributed by atoms with Crippen LogP contribution in [0.5, 0.6) is 0 Å². The van der Waals surface area contributed by atoms with Crippen LogP contribution in [0.3, 0.4) is 0 Å². The van der Waals surface area contributed by atoms with E-state index >= 15 is 0 Å². The summed E-state index contributed by atoms with van der Waals surface area (Å²) in [6, 6.07) is 1.25. The number of carbonyl (C=O) groups is 1. The zero-order valence-corrected chi connectivity index (χ0v) is 6.38. The van der Waals surface area contributed by atoms with Gasteiger partial charge in [0.05, 0.1) is 0 Å². The number of carboxylic acids is 1. The molecule has 1 rings (SSSR count). The van der Waals surface area contributed by atoms with Gasteiger partial charge in [-0.1, -0.05) is 0 Å². The van der Waals surface area contributed by atoms with Crippen LogP contribution in [0.1, 0.15) is 22.0 Å². The van der Waals surface area contributed by atoms with E-state index in [1.807, 2.05) is 0 Å². The minimum Gasteiger partial charge on any atom is -0.476 e. The van der Waals surface area contributed by atoms with Gasteiger partial charge in [-0.3, -0.25) is 0 Å².